The zero-order valence-electron chi connectivity index (χ0n) is 24.7. The number of halogens is 3. The van der Waals surface area contributed by atoms with Crippen LogP contribution in [0.25, 0.3) is 11.3 Å². The van der Waals surface area contributed by atoms with Gasteiger partial charge in [-0.3, -0.25) is 4.79 Å². The first-order valence-electron chi connectivity index (χ1n) is 14.3. The number of aryl methyl sites for hydroxylation is 2. The van der Waals surface area contributed by atoms with Gasteiger partial charge in [0.2, 0.25) is 5.95 Å². The van der Waals surface area contributed by atoms with Crippen molar-refractivity contribution in [2.24, 2.45) is 5.92 Å². The summed E-state index contributed by atoms with van der Waals surface area (Å²) in [6, 6.07) is 18.1. The van der Waals surface area contributed by atoms with Gasteiger partial charge >= 0.3 is 6.36 Å². The zero-order chi connectivity index (χ0) is 31.3. The lowest BCUT2D eigenvalue weighted by molar-refractivity contribution is -0.274. The van der Waals surface area contributed by atoms with Crippen LogP contribution in [0.3, 0.4) is 0 Å². The molecule has 0 spiro atoms. The van der Waals surface area contributed by atoms with Gasteiger partial charge in [0.25, 0.3) is 5.91 Å². The number of carbonyl (C=O) groups excluding carboxylic acids is 1. The summed E-state index contributed by atoms with van der Waals surface area (Å²) in [5.41, 5.74) is 4.67. The summed E-state index contributed by atoms with van der Waals surface area (Å²) in [7, 11) is 2.14. The number of anilines is 3. The van der Waals surface area contributed by atoms with Gasteiger partial charge in [-0.25, -0.2) is 9.97 Å². The van der Waals surface area contributed by atoms with E-state index in [4.69, 9.17) is 4.74 Å². The third-order valence-corrected chi connectivity index (χ3v) is 7.52. The topological polar surface area (TPSA) is 88.6 Å². The average molecular weight is 606 g/mol. The van der Waals surface area contributed by atoms with Crippen molar-refractivity contribution in [3.8, 4) is 22.8 Å². The minimum Gasteiger partial charge on any atom is -0.493 e. The highest BCUT2D eigenvalue weighted by atomic mass is 19.4. The Morgan fingerprint density at radius 2 is 1.64 bits per heavy atom. The van der Waals surface area contributed by atoms with Gasteiger partial charge in [-0.15, -0.1) is 13.2 Å². The number of piperidine rings is 1. The predicted octanol–water partition coefficient (Wildman–Crippen LogP) is 7.38. The summed E-state index contributed by atoms with van der Waals surface area (Å²) in [5, 5.41) is 6.10. The van der Waals surface area contributed by atoms with Gasteiger partial charge in [0.05, 0.1) is 12.3 Å². The number of carbonyl (C=O) groups is 1. The largest absolute Gasteiger partial charge is 0.573 e. The molecule has 1 saturated heterocycles. The number of alkyl halides is 3. The number of aromatic nitrogens is 2. The number of rotatable bonds is 9. The normalized spacial score (nSPS) is 14.2. The van der Waals surface area contributed by atoms with Crippen molar-refractivity contribution >= 4 is 23.2 Å². The summed E-state index contributed by atoms with van der Waals surface area (Å²) in [5.74, 6) is 0.995. The van der Waals surface area contributed by atoms with E-state index in [0.717, 1.165) is 42.8 Å². The van der Waals surface area contributed by atoms with Crippen molar-refractivity contribution in [3.05, 3.63) is 89.6 Å². The molecule has 8 nitrogen and oxygen atoms in total. The minimum atomic E-state index is -4.76. The Kier molecular flexibility index (Phi) is 9.34. The molecule has 2 heterocycles. The summed E-state index contributed by atoms with van der Waals surface area (Å²) in [6.07, 6.45) is -0.900. The number of amides is 1. The lowest BCUT2D eigenvalue weighted by atomic mass is 9.98. The number of likely N-dealkylation sites (tertiary alicyclic amines) is 1. The van der Waals surface area contributed by atoms with Crippen LogP contribution in [0, 0.1) is 19.8 Å². The van der Waals surface area contributed by atoms with Crippen molar-refractivity contribution in [2.45, 2.75) is 33.1 Å². The number of nitrogens with zero attached hydrogens (tertiary/aromatic N) is 3. The molecule has 3 aromatic carbocycles. The van der Waals surface area contributed by atoms with Crippen molar-refractivity contribution in [3.63, 3.8) is 0 Å². The Morgan fingerprint density at radius 1 is 0.955 bits per heavy atom. The highest BCUT2D eigenvalue weighted by molar-refractivity contribution is 6.05. The third-order valence-electron chi connectivity index (χ3n) is 7.52. The molecule has 1 aliphatic heterocycles. The highest BCUT2D eigenvalue weighted by Crippen LogP contribution is 2.29. The Labute approximate surface area is 254 Å². The second-order valence-electron chi connectivity index (χ2n) is 11.0. The standard InChI is InChI=1S/C33H34F3N5O3/c1-21-4-11-28(43-20-23-14-16-41(3)17-15-23)18-29(21)39-31(42)25-5-9-26(10-6-25)38-32-37-19-22(2)30(40-32)24-7-12-27(13-8-24)44-33(34,35)36/h4-13,18-19,23H,14-17,20H2,1-3H3,(H,39,42)(H,37,38,40). The van der Waals surface area contributed by atoms with Crippen molar-refractivity contribution in [2.75, 3.05) is 37.4 Å². The fourth-order valence-corrected chi connectivity index (χ4v) is 4.91. The minimum absolute atomic E-state index is 0.251. The molecule has 4 aromatic rings. The van der Waals surface area contributed by atoms with E-state index in [0.29, 0.717) is 46.7 Å². The summed E-state index contributed by atoms with van der Waals surface area (Å²) in [6.45, 7) is 6.57. The van der Waals surface area contributed by atoms with Gasteiger partial charge in [0.1, 0.15) is 11.5 Å². The second kappa shape index (κ2) is 13.3. The summed E-state index contributed by atoms with van der Waals surface area (Å²) < 4.78 is 47.5. The maximum atomic E-state index is 13.0. The summed E-state index contributed by atoms with van der Waals surface area (Å²) in [4.78, 5) is 24.2. The first kappa shape index (κ1) is 30.8. The molecule has 0 atom stereocenters. The number of nitrogens with one attached hydrogen (secondary N) is 2. The highest BCUT2D eigenvalue weighted by Gasteiger charge is 2.31. The molecular weight excluding hydrogens is 571 g/mol. The fourth-order valence-electron chi connectivity index (χ4n) is 4.91. The maximum absolute atomic E-state index is 13.0. The molecular formula is C33H34F3N5O3. The average Bonchev–Trinajstić information content (AvgIpc) is 2.99. The lowest BCUT2D eigenvalue weighted by Gasteiger charge is -2.28. The van der Waals surface area contributed by atoms with Gasteiger partial charge < -0.3 is 25.0 Å². The van der Waals surface area contributed by atoms with E-state index in [1.807, 2.05) is 32.0 Å². The maximum Gasteiger partial charge on any atom is 0.573 e. The van der Waals surface area contributed by atoms with Crippen LogP contribution in [-0.4, -0.2) is 53.9 Å². The lowest BCUT2D eigenvalue weighted by Crippen LogP contribution is -2.32. The number of benzene rings is 3. The Bertz CT molecular complexity index is 1590. The van der Waals surface area contributed by atoms with Gasteiger partial charge in [-0.05, 0) is 118 Å². The predicted molar refractivity (Wildman–Crippen MR) is 163 cm³/mol. The Morgan fingerprint density at radius 3 is 2.32 bits per heavy atom. The van der Waals surface area contributed by atoms with E-state index >= 15 is 0 Å². The van der Waals surface area contributed by atoms with E-state index in [1.54, 1.807) is 30.5 Å². The van der Waals surface area contributed by atoms with Crippen LogP contribution < -0.4 is 20.1 Å². The molecule has 1 aliphatic rings. The molecule has 11 heteroatoms. The first-order valence-corrected chi connectivity index (χ1v) is 14.3. The monoisotopic (exact) mass is 605 g/mol. The van der Waals surface area contributed by atoms with Crippen LogP contribution in [-0.2, 0) is 0 Å². The Balaban J connectivity index is 1.20. The molecule has 44 heavy (non-hydrogen) atoms. The van der Waals surface area contributed by atoms with Gasteiger partial charge in [0, 0.05) is 34.8 Å². The van der Waals surface area contributed by atoms with Gasteiger partial charge in [-0.1, -0.05) is 6.07 Å². The van der Waals surface area contributed by atoms with Crippen LogP contribution in [0.15, 0.2) is 72.9 Å². The van der Waals surface area contributed by atoms with E-state index in [1.165, 1.54) is 24.3 Å². The number of ether oxygens (including phenoxy) is 2. The number of hydrogen-bond acceptors (Lipinski definition) is 7. The van der Waals surface area contributed by atoms with Crippen LogP contribution in [0.2, 0.25) is 0 Å². The van der Waals surface area contributed by atoms with Crippen molar-refractivity contribution < 1.29 is 27.4 Å². The quantitative estimate of drug-likeness (QED) is 0.206. The van der Waals surface area contributed by atoms with Crippen molar-refractivity contribution in [1.29, 1.82) is 0 Å². The molecule has 0 bridgehead atoms. The Hall–Kier alpha value is -4.64. The molecule has 0 radical (unpaired) electrons. The molecule has 1 amide bonds. The second-order valence-corrected chi connectivity index (χ2v) is 11.0. The van der Waals surface area contributed by atoms with Crippen molar-refractivity contribution in [1.82, 2.24) is 14.9 Å². The molecule has 0 aliphatic carbocycles. The number of hydrogen-bond donors (Lipinski definition) is 2. The molecule has 230 valence electrons. The van der Waals surface area contributed by atoms with E-state index in [9.17, 15) is 18.0 Å². The molecule has 5 rings (SSSR count). The van der Waals surface area contributed by atoms with Gasteiger partial charge in [-0.2, -0.15) is 0 Å². The van der Waals surface area contributed by atoms with Crippen LogP contribution >= 0.6 is 0 Å². The van der Waals surface area contributed by atoms with Gasteiger partial charge in [0.15, 0.2) is 0 Å². The van der Waals surface area contributed by atoms with Crippen LogP contribution in [0.1, 0.15) is 34.3 Å². The van der Waals surface area contributed by atoms with E-state index in [2.05, 4.69) is 37.3 Å². The molecule has 1 aromatic heterocycles. The SMILES string of the molecule is Cc1ccc(OCC2CCN(C)CC2)cc1NC(=O)c1ccc(Nc2ncc(C)c(-c3ccc(OC(F)(F)F)cc3)n2)cc1. The fraction of sp³-hybridized carbons (Fsp3) is 0.303. The first-order chi connectivity index (χ1) is 21.0. The smallest absolute Gasteiger partial charge is 0.493 e. The molecule has 0 unspecified atom stereocenters. The van der Waals surface area contributed by atoms with Crippen LogP contribution in [0.4, 0.5) is 30.5 Å². The van der Waals surface area contributed by atoms with E-state index in [-0.39, 0.29) is 11.7 Å². The molecule has 1 fully saturated rings. The molecule has 2 N–H and O–H groups in total. The molecule has 0 saturated carbocycles. The van der Waals surface area contributed by atoms with E-state index < -0.39 is 6.36 Å². The van der Waals surface area contributed by atoms with Crippen LogP contribution in [0.5, 0.6) is 11.5 Å². The summed E-state index contributed by atoms with van der Waals surface area (Å²) >= 11 is 0. The third kappa shape index (κ3) is 8.25. The zero-order valence-corrected chi connectivity index (χ0v) is 24.7.